The molecule has 3 aromatic rings. The summed E-state index contributed by atoms with van der Waals surface area (Å²) >= 11 is 6.03. The zero-order valence-corrected chi connectivity index (χ0v) is 21.3. The Morgan fingerprint density at radius 1 is 0.973 bits per heavy atom. The van der Waals surface area contributed by atoms with Gasteiger partial charge in [0.25, 0.3) is 11.6 Å². The molecule has 0 saturated carbocycles. The first kappa shape index (κ1) is 25.1. The maximum absolute atomic E-state index is 13.7. The van der Waals surface area contributed by atoms with E-state index in [1.54, 1.807) is 11.2 Å². The summed E-state index contributed by atoms with van der Waals surface area (Å²) < 4.78 is 0. The quantitative estimate of drug-likeness (QED) is 0.337. The number of benzene rings is 2. The average molecular weight is 521 g/mol. The van der Waals surface area contributed by atoms with E-state index in [0.29, 0.717) is 24.5 Å². The van der Waals surface area contributed by atoms with Crippen LogP contribution < -0.4 is 9.80 Å². The standard InChI is InChI=1S/C27H29ClN6O3/c28-21-7-11-22(12-8-21)32-16-13-31(14-17-32)15-18-33(26-24-3-1-2-4-25(24)29-19-30-26)27(35)20-5-9-23(10-6-20)34(36)37/h5-12,19H,1-4,13-18H2. The number of piperazine rings is 1. The summed E-state index contributed by atoms with van der Waals surface area (Å²) in [4.78, 5) is 39.8. The van der Waals surface area contributed by atoms with Gasteiger partial charge in [0.2, 0.25) is 0 Å². The highest BCUT2D eigenvalue weighted by atomic mass is 35.5. The van der Waals surface area contributed by atoms with E-state index in [2.05, 4.69) is 19.8 Å². The zero-order chi connectivity index (χ0) is 25.8. The number of nitro groups is 1. The first-order valence-electron chi connectivity index (χ1n) is 12.6. The number of anilines is 2. The molecule has 1 amide bonds. The predicted octanol–water partition coefficient (Wildman–Crippen LogP) is 4.39. The predicted molar refractivity (Wildman–Crippen MR) is 144 cm³/mol. The molecule has 9 nitrogen and oxygen atoms in total. The Kier molecular flexibility index (Phi) is 7.62. The molecule has 0 bridgehead atoms. The second-order valence-electron chi connectivity index (χ2n) is 9.40. The molecule has 0 spiro atoms. The molecule has 1 aliphatic carbocycles. The molecule has 0 radical (unpaired) electrons. The summed E-state index contributed by atoms with van der Waals surface area (Å²) in [5, 5.41) is 11.8. The second-order valence-corrected chi connectivity index (χ2v) is 9.83. The van der Waals surface area contributed by atoms with Gasteiger partial charge in [-0.25, -0.2) is 9.97 Å². The minimum Gasteiger partial charge on any atom is -0.369 e. The number of aromatic nitrogens is 2. The summed E-state index contributed by atoms with van der Waals surface area (Å²) in [6.07, 6.45) is 5.39. The molecule has 1 aliphatic heterocycles. The van der Waals surface area contributed by atoms with E-state index in [4.69, 9.17) is 11.6 Å². The van der Waals surface area contributed by atoms with Crippen molar-refractivity contribution in [1.29, 1.82) is 0 Å². The van der Waals surface area contributed by atoms with E-state index < -0.39 is 4.92 Å². The minimum atomic E-state index is -0.462. The third-order valence-corrected chi connectivity index (χ3v) is 7.38. The molecule has 1 fully saturated rings. The number of hydrogen-bond acceptors (Lipinski definition) is 7. The molecule has 192 valence electrons. The SMILES string of the molecule is O=C(c1ccc([N+](=O)[O-])cc1)N(CCN1CCN(c2ccc(Cl)cc2)CC1)c1ncnc2c1CCCC2. The number of fused-ring (bicyclic) bond motifs is 1. The maximum atomic E-state index is 13.7. The summed E-state index contributed by atoms with van der Waals surface area (Å²) in [5.41, 5.74) is 3.57. The Bertz CT molecular complexity index is 1260. The molecular formula is C27H29ClN6O3. The van der Waals surface area contributed by atoms with Gasteiger partial charge in [0, 0.05) is 78.9 Å². The summed E-state index contributed by atoms with van der Waals surface area (Å²) in [5.74, 6) is 0.453. The number of hydrogen-bond donors (Lipinski definition) is 0. The van der Waals surface area contributed by atoms with Crippen LogP contribution in [0.4, 0.5) is 17.2 Å². The van der Waals surface area contributed by atoms with Gasteiger partial charge in [-0.3, -0.25) is 24.7 Å². The molecular weight excluding hydrogens is 492 g/mol. The monoisotopic (exact) mass is 520 g/mol. The number of carbonyl (C=O) groups excluding carboxylic acids is 1. The van der Waals surface area contributed by atoms with E-state index in [1.165, 1.54) is 24.3 Å². The van der Waals surface area contributed by atoms with Gasteiger partial charge in [-0.1, -0.05) is 11.6 Å². The molecule has 37 heavy (non-hydrogen) atoms. The lowest BCUT2D eigenvalue weighted by Gasteiger charge is -2.37. The fourth-order valence-corrected chi connectivity index (χ4v) is 5.17. The number of halogens is 1. The Morgan fingerprint density at radius 3 is 2.38 bits per heavy atom. The van der Waals surface area contributed by atoms with Gasteiger partial charge in [0.15, 0.2) is 0 Å². The van der Waals surface area contributed by atoms with Crippen molar-refractivity contribution in [2.45, 2.75) is 25.7 Å². The van der Waals surface area contributed by atoms with Gasteiger partial charge >= 0.3 is 0 Å². The first-order valence-corrected chi connectivity index (χ1v) is 13.0. The molecule has 2 aromatic carbocycles. The number of nitrogens with zero attached hydrogens (tertiary/aromatic N) is 6. The van der Waals surface area contributed by atoms with Crippen molar-refractivity contribution in [3.8, 4) is 0 Å². The normalized spacial score (nSPS) is 15.8. The topological polar surface area (TPSA) is 95.7 Å². The van der Waals surface area contributed by atoms with E-state index >= 15 is 0 Å². The largest absolute Gasteiger partial charge is 0.369 e. The number of nitro benzene ring substituents is 1. The van der Waals surface area contributed by atoms with Crippen LogP contribution >= 0.6 is 11.6 Å². The lowest BCUT2D eigenvalue weighted by molar-refractivity contribution is -0.384. The fourth-order valence-electron chi connectivity index (χ4n) is 5.04. The number of aryl methyl sites for hydroxylation is 1. The van der Waals surface area contributed by atoms with Crippen molar-refractivity contribution < 1.29 is 9.72 Å². The highest BCUT2D eigenvalue weighted by Crippen LogP contribution is 2.28. The van der Waals surface area contributed by atoms with E-state index in [9.17, 15) is 14.9 Å². The minimum absolute atomic E-state index is 0.0407. The van der Waals surface area contributed by atoms with Crippen LogP contribution in [0, 0.1) is 10.1 Å². The van der Waals surface area contributed by atoms with Crippen LogP contribution in [0.5, 0.6) is 0 Å². The number of rotatable bonds is 7. The molecule has 5 rings (SSSR count). The molecule has 0 unspecified atom stereocenters. The second kappa shape index (κ2) is 11.2. The van der Waals surface area contributed by atoms with Crippen LogP contribution in [0.25, 0.3) is 0 Å². The van der Waals surface area contributed by atoms with E-state index in [1.807, 2.05) is 24.3 Å². The van der Waals surface area contributed by atoms with Gasteiger partial charge in [-0.05, 0) is 62.1 Å². The molecule has 10 heteroatoms. The van der Waals surface area contributed by atoms with Gasteiger partial charge in [0.05, 0.1) is 4.92 Å². The van der Waals surface area contributed by atoms with Gasteiger partial charge in [0.1, 0.15) is 12.1 Å². The van der Waals surface area contributed by atoms with Crippen molar-refractivity contribution in [2.75, 3.05) is 49.1 Å². The average Bonchev–Trinajstić information content (AvgIpc) is 2.94. The summed E-state index contributed by atoms with van der Waals surface area (Å²) in [6, 6.07) is 13.7. The number of carbonyl (C=O) groups is 1. The van der Waals surface area contributed by atoms with E-state index in [0.717, 1.165) is 73.8 Å². The highest BCUT2D eigenvalue weighted by Gasteiger charge is 2.27. The first-order chi connectivity index (χ1) is 18.0. The van der Waals surface area contributed by atoms with Crippen LogP contribution in [0.15, 0.2) is 54.9 Å². The third-order valence-electron chi connectivity index (χ3n) is 7.13. The third kappa shape index (κ3) is 5.73. The zero-order valence-electron chi connectivity index (χ0n) is 20.6. The van der Waals surface area contributed by atoms with Gasteiger partial charge in [-0.15, -0.1) is 0 Å². The molecule has 2 heterocycles. The number of amides is 1. The van der Waals surface area contributed by atoms with Crippen molar-refractivity contribution in [1.82, 2.24) is 14.9 Å². The molecule has 0 atom stereocenters. The molecule has 1 saturated heterocycles. The van der Waals surface area contributed by atoms with Crippen LogP contribution in [-0.2, 0) is 12.8 Å². The van der Waals surface area contributed by atoms with Crippen molar-refractivity contribution >= 4 is 34.7 Å². The van der Waals surface area contributed by atoms with E-state index in [-0.39, 0.29) is 11.6 Å². The number of non-ortho nitro benzene ring substituents is 1. The van der Waals surface area contributed by atoms with Crippen LogP contribution in [0.3, 0.4) is 0 Å². The van der Waals surface area contributed by atoms with Gasteiger partial charge < -0.3 is 4.90 Å². The van der Waals surface area contributed by atoms with Crippen molar-refractivity contribution in [2.24, 2.45) is 0 Å². The van der Waals surface area contributed by atoms with Crippen LogP contribution in [0.1, 0.15) is 34.5 Å². The molecule has 2 aliphatic rings. The Balaban J connectivity index is 1.32. The van der Waals surface area contributed by atoms with Crippen LogP contribution in [0.2, 0.25) is 5.02 Å². The van der Waals surface area contributed by atoms with Crippen LogP contribution in [-0.4, -0.2) is 65.0 Å². The Labute approximate surface area is 220 Å². The van der Waals surface area contributed by atoms with Crippen molar-refractivity contribution in [3.63, 3.8) is 0 Å². The maximum Gasteiger partial charge on any atom is 0.269 e. The smallest absolute Gasteiger partial charge is 0.269 e. The highest BCUT2D eigenvalue weighted by molar-refractivity contribution is 6.30. The Morgan fingerprint density at radius 2 is 1.68 bits per heavy atom. The lowest BCUT2D eigenvalue weighted by Crippen LogP contribution is -2.49. The fraction of sp³-hybridized carbons (Fsp3) is 0.370. The lowest BCUT2D eigenvalue weighted by atomic mass is 9.96. The summed E-state index contributed by atoms with van der Waals surface area (Å²) in [6.45, 7) is 4.71. The summed E-state index contributed by atoms with van der Waals surface area (Å²) in [7, 11) is 0. The van der Waals surface area contributed by atoms with Crippen molar-refractivity contribution in [3.05, 3.63) is 86.8 Å². The Hall–Kier alpha value is -3.56. The molecule has 0 N–H and O–H groups in total. The molecule has 1 aromatic heterocycles. The van der Waals surface area contributed by atoms with Gasteiger partial charge in [-0.2, -0.15) is 0 Å².